The molecule has 0 saturated carbocycles. The number of carbonyl (C=O) groups excluding carboxylic acids is 4. The maximum atomic E-state index is 13.2. The van der Waals surface area contributed by atoms with Crippen molar-refractivity contribution in [3.8, 4) is 0 Å². The predicted molar refractivity (Wildman–Crippen MR) is 118 cm³/mol. The Hall–Kier alpha value is -3.05. The van der Waals surface area contributed by atoms with E-state index >= 15 is 0 Å². The summed E-state index contributed by atoms with van der Waals surface area (Å²) in [6, 6.07) is 6.44. The highest BCUT2D eigenvalue weighted by atomic mass is 32.2. The van der Waals surface area contributed by atoms with E-state index < -0.39 is 58.6 Å². The van der Waals surface area contributed by atoms with E-state index in [1.165, 1.54) is 22.5 Å². The number of fused-ring (bicyclic) bond motifs is 1. The molecule has 1 heterocycles. The van der Waals surface area contributed by atoms with Crippen molar-refractivity contribution in [2.45, 2.75) is 44.8 Å². The average Bonchev–Trinajstić information content (AvgIpc) is 3.26. The lowest BCUT2D eigenvalue weighted by molar-refractivity contribution is -0.179. The number of hydrogen-bond donors (Lipinski definition) is 0. The Balaban J connectivity index is 1.90. The van der Waals surface area contributed by atoms with Gasteiger partial charge in [-0.3, -0.25) is 19.2 Å². The van der Waals surface area contributed by atoms with Crippen LogP contribution in [0.5, 0.6) is 0 Å². The minimum Gasteiger partial charge on any atom is -0.462 e. The van der Waals surface area contributed by atoms with Crippen molar-refractivity contribution < 1.29 is 41.8 Å². The SMILES string of the molecule is CC(=O)OC[C@H](OC(C)=O)[C@H](OC(C)=O)[C@@H]1C(=O)C=C2CN(S(=O)(=O)c3ccc(C)cc3)C[C@H]21. The number of aryl methyl sites for hydroxylation is 1. The van der Waals surface area contributed by atoms with E-state index in [1.807, 2.05) is 6.92 Å². The first-order valence-corrected chi connectivity index (χ1v) is 12.1. The number of sulfonamides is 1. The molecule has 4 atom stereocenters. The van der Waals surface area contributed by atoms with Crippen LogP contribution in [0.4, 0.5) is 0 Å². The number of ether oxygens (including phenoxy) is 3. The lowest BCUT2D eigenvalue weighted by atomic mass is 9.85. The first-order valence-electron chi connectivity index (χ1n) is 10.7. The first kappa shape index (κ1) is 25.6. The molecule has 0 spiro atoms. The molecule has 0 unspecified atom stereocenters. The van der Waals surface area contributed by atoms with Crippen LogP contribution in [0.1, 0.15) is 26.3 Å². The Morgan fingerprint density at radius 3 is 2.21 bits per heavy atom. The summed E-state index contributed by atoms with van der Waals surface area (Å²) < 4.78 is 43.2. The lowest BCUT2D eigenvalue weighted by Crippen LogP contribution is -2.47. The smallest absolute Gasteiger partial charge is 0.303 e. The van der Waals surface area contributed by atoms with Gasteiger partial charge in [-0.05, 0) is 30.7 Å². The van der Waals surface area contributed by atoms with Crippen molar-refractivity contribution in [3.63, 3.8) is 0 Å². The second-order valence-electron chi connectivity index (χ2n) is 8.39. The van der Waals surface area contributed by atoms with Gasteiger partial charge in [0.15, 0.2) is 18.0 Å². The van der Waals surface area contributed by atoms with Crippen LogP contribution in [-0.2, 0) is 43.4 Å². The van der Waals surface area contributed by atoms with Gasteiger partial charge in [0.1, 0.15) is 6.61 Å². The Morgan fingerprint density at radius 1 is 1.03 bits per heavy atom. The van der Waals surface area contributed by atoms with Gasteiger partial charge in [-0.15, -0.1) is 0 Å². The fourth-order valence-corrected chi connectivity index (χ4v) is 5.76. The van der Waals surface area contributed by atoms with E-state index in [4.69, 9.17) is 14.2 Å². The van der Waals surface area contributed by atoms with E-state index in [1.54, 1.807) is 12.1 Å². The molecular weight excluding hydrogens is 466 g/mol. The van der Waals surface area contributed by atoms with Crippen molar-refractivity contribution in [1.82, 2.24) is 4.31 Å². The van der Waals surface area contributed by atoms with E-state index in [0.717, 1.165) is 26.3 Å². The van der Waals surface area contributed by atoms with Gasteiger partial charge in [0.2, 0.25) is 10.0 Å². The molecule has 1 aromatic carbocycles. The van der Waals surface area contributed by atoms with Crippen molar-refractivity contribution in [2.75, 3.05) is 19.7 Å². The Bertz CT molecular complexity index is 1120. The molecule has 1 aliphatic heterocycles. The Kier molecular flexibility index (Phi) is 7.57. The molecule has 1 aromatic rings. The second-order valence-corrected chi connectivity index (χ2v) is 10.3. The molecular formula is C23H27NO9S. The van der Waals surface area contributed by atoms with Gasteiger partial charge < -0.3 is 14.2 Å². The molecule has 0 bridgehead atoms. The lowest BCUT2D eigenvalue weighted by Gasteiger charge is -2.32. The molecule has 1 saturated heterocycles. The van der Waals surface area contributed by atoms with Crippen molar-refractivity contribution in [1.29, 1.82) is 0 Å². The molecule has 2 aliphatic rings. The maximum Gasteiger partial charge on any atom is 0.303 e. The van der Waals surface area contributed by atoms with Crippen LogP contribution in [0, 0.1) is 18.8 Å². The van der Waals surface area contributed by atoms with Crippen LogP contribution in [0.15, 0.2) is 40.8 Å². The fourth-order valence-electron chi connectivity index (χ4n) is 4.31. The summed E-state index contributed by atoms with van der Waals surface area (Å²) in [4.78, 5) is 47.9. The quantitative estimate of drug-likeness (QED) is 0.386. The van der Waals surface area contributed by atoms with Crippen LogP contribution in [0.2, 0.25) is 0 Å². The molecule has 184 valence electrons. The Morgan fingerprint density at radius 2 is 1.65 bits per heavy atom. The summed E-state index contributed by atoms with van der Waals surface area (Å²) in [5, 5.41) is 0. The summed E-state index contributed by atoms with van der Waals surface area (Å²) in [7, 11) is -3.83. The summed E-state index contributed by atoms with van der Waals surface area (Å²) in [5.41, 5.74) is 1.50. The third-order valence-electron chi connectivity index (χ3n) is 5.77. The van der Waals surface area contributed by atoms with Gasteiger partial charge in [0.05, 0.1) is 10.8 Å². The molecule has 0 radical (unpaired) electrons. The predicted octanol–water partition coefficient (Wildman–Crippen LogP) is 1.17. The van der Waals surface area contributed by atoms with E-state index in [9.17, 15) is 27.6 Å². The number of allylic oxidation sites excluding steroid dienone is 1. The molecule has 1 fully saturated rings. The van der Waals surface area contributed by atoms with Crippen LogP contribution in [0.25, 0.3) is 0 Å². The number of carbonyl (C=O) groups is 4. The maximum absolute atomic E-state index is 13.2. The summed E-state index contributed by atoms with van der Waals surface area (Å²) in [6.45, 7) is 4.86. The third kappa shape index (κ3) is 5.53. The second kappa shape index (κ2) is 10.1. The van der Waals surface area contributed by atoms with E-state index in [-0.39, 0.29) is 23.8 Å². The molecule has 11 heteroatoms. The number of esters is 3. The third-order valence-corrected chi connectivity index (χ3v) is 7.60. The monoisotopic (exact) mass is 493 g/mol. The van der Waals surface area contributed by atoms with Crippen LogP contribution in [0.3, 0.4) is 0 Å². The number of nitrogens with zero attached hydrogens (tertiary/aromatic N) is 1. The molecule has 1 aliphatic carbocycles. The van der Waals surface area contributed by atoms with Gasteiger partial charge in [-0.2, -0.15) is 4.31 Å². The highest BCUT2D eigenvalue weighted by molar-refractivity contribution is 7.89. The summed E-state index contributed by atoms with van der Waals surface area (Å²) in [5.74, 6) is -4.06. The molecule has 0 amide bonds. The highest BCUT2D eigenvalue weighted by Crippen LogP contribution is 2.41. The normalized spacial score (nSPS) is 21.9. The van der Waals surface area contributed by atoms with Crippen LogP contribution >= 0.6 is 0 Å². The number of ketones is 1. The van der Waals surface area contributed by atoms with Gasteiger partial charge in [0.25, 0.3) is 0 Å². The summed E-state index contributed by atoms with van der Waals surface area (Å²) in [6.07, 6.45) is -1.16. The zero-order valence-electron chi connectivity index (χ0n) is 19.3. The zero-order valence-corrected chi connectivity index (χ0v) is 20.2. The van der Waals surface area contributed by atoms with E-state index in [0.29, 0.717) is 5.57 Å². The molecule has 10 nitrogen and oxygen atoms in total. The van der Waals surface area contributed by atoms with Crippen LogP contribution in [-0.4, -0.2) is 68.3 Å². The number of hydrogen-bond acceptors (Lipinski definition) is 9. The number of rotatable bonds is 8. The van der Waals surface area contributed by atoms with Crippen LogP contribution < -0.4 is 0 Å². The topological polar surface area (TPSA) is 133 Å². The minimum absolute atomic E-state index is 0.0120. The minimum atomic E-state index is -3.83. The van der Waals surface area contributed by atoms with E-state index in [2.05, 4.69) is 0 Å². The fraction of sp³-hybridized carbons (Fsp3) is 0.478. The average molecular weight is 494 g/mol. The molecule has 0 aromatic heterocycles. The van der Waals surface area contributed by atoms with Crippen molar-refractivity contribution in [2.24, 2.45) is 11.8 Å². The largest absolute Gasteiger partial charge is 0.462 e. The van der Waals surface area contributed by atoms with Gasteiger partial charge in [-0.1, -0.05) is 17.7 Å². The standard InChI is InChI=1S/C23H27NO9S/c1-13-5-7-18(8-6-13)34(29,30)24-10-17-9-20(28)22(19(17)11-24)23(33-16(4)27)21(32-15(3)26)12-31-14(2)25/h5-9,19,21-23H,10-12H2,1-4H3/t19-,21+,22+,23+/m1/s1. The van der Waals surface area contributed by atoms with Gasteiger partial charge in [-0.25, -0.2) is 8.42 Å². The molecule has 3 rings (SSSR count). The van der Waals surface area contributed by atoms with Crippen molar-refractivity contribution in [3.05, 3.63) is 41.5 Å². The zero-order chi connectivity index (χ0) is 25.2. The van der Waals surface area contributed by atoms with Crippen molar-refractivity contribution >= 4 is 33.7 Å². The molecule has 0 N–H and O–H groups in total. The van der Waals surface area contributed by atoms with Gasteiger partial charge in [0, 0.05) is 39.8 Å². The summed E-state index contributed by atoms with van der Waals surface area (Å²) >= 11 is 0. The number of benzene rings is 1. The Labute approximate surface area is 197 Å². The van der Waals surface area contributed by atoms with Gasteiger partial charge >= 0.3 is 17.9 Å². The molecule has 34 heavy (non-hydrogen) atoms. The first-order chi connectivity index (χ1) is 15.9. The highest BCUT2D eigenvalue weighted by Gasteiger charge is 2.52.